The normalized spacial score (nSPS) is 13.7. The van der Waals surface area contributed by atoms with Gasteiger partial charge in [0.05, 0.1) is 17.7 Å². The van der Waals surface area contributed by atoms with Crippen molar-refractivity contribution < 1.29 is 24.2 Å². The largest absolute Gasteiger partial charge is 0.445 e. The van der Waals surface area contributed by atoms with Gasteiger partial charge in [-0.25, -0.2) is 9.59 Å². The van der Waals surface area contributed by atoms with Crippen molar-refractivity contribution in [1.29, 1.82) is 0 Å². The minimum absolute atomic E-state index is 0.0757. The number of alkyl carbamates (subject to hydrolysis) is 2. The van der Waals surface area contributed by atoms with E-state index in [0.717, 1.165) is 16.0 Å². The van der Waals surface area contributed by atoms with Crippen LogP contribution in [0.25, 0.3) is 0 Å². The lowest BCUT2D eigenvalue weighted by Gasteiger charge is -2.29. The van der Waals surface area contributed by atoms with Crippen molar-refractivity contribution in [1.82, 2.24) is 20.6 Å². The molecule has 0 saturated carbocycles. The maximum Gasteiger partial charge on any atom is 0.407 e. The number of carbonyl (C=O) groups is 2. The Balaban J connectivity index is 1.69. The lowest BCUT2D eigenvalue weighted by Crippen LogP contribution is -2.49. The van der Waals surface area contributed by atoms with E-state index in [4.69, 9.17) is 9.47 Å². The van der Waals surface area contributed by atoms with Gasteiger partial charge in [0.25, 0.3) is 0 Å². The number of hydrogen-bond acceptors (Lipinski definition) is 8. The number of hydrogen-bond donors (Lipinski definition) is 3. The number of aliphatic hydroxyl groups is 1. The lowest BCUT2D eigenvalue weighted by molar-refractivity contribution is 0.0398. The molecule has 0 unspecified atom stereocenters. The van der Waals surface area contributed by atoms with Crippen LogP contribution < -0.4 is 10.6 Å². The summed E-state index contributed by atoms with van der Waals surface area (Å²) in [5.41, 5.74) is 2.75. The zero-order valence-electron chi connectivity index (χ0n) is 21.3. The summed E-state index contributed by atoms with van der Waals surface area (Å²) >= 11 is 1.46. The van der Waals surface area contributed by atoms with Crippen LogP contribution in [0.15, 0.2) is 66.6 Å². The van der Waals surface area contributed by atoms with E-state index in [1.807, 2.05) is 36.4 Å². The molecule has 10 heteroatoms. The Hall–Kier alpha value is -3.50. The van der Waals surface area contributed by atoms with Crippen molar-refractivity contribution >= 4 is 23.5 Å². The molecule has 37 heavy (non-hydrogen) atoms. The average molecular weight is 527 g/mol. The summed E-state index contributed by atoms with van der Waals surface area (Å²) in [6.45, 7) is 5.41. The van der Waals surface area contributed by atoms with Gasteiger partial charge in [0.2, 0.25) is 0 Å². The molecule has 0 spiro atoms. The van der Waals surface area contributed by atoms with Crippen molar-refractivity contribution in [3.05, 3.63) is 82.6 Å². The molecule has 0 aliphatic rings. The van der Waals surface area contributed by atoms with Gasteiger partial charge in [-0.2, -0.15) is 0 Å². The second-order valence-corrected chi connectivity index (χ2v) is 10.7. The molecule has 3 rings (SSSR count). The van der Waals surface area contributed by atoms with Gasteiger partial charge in [-0.15, -0.1) is 11.3 Å². The van der Waals surface area contributed by atoms with Gasteiger partial charge >= 0.3 is 12.2 Å². The van der Waals surface area contributed by atoms with Crippen LogP contribution in [0.1, 0.15) is 43.2 Å². The Kier molecular flexibility index (Phi) is 10.4. The van der Waals surface area contributed by atoms with E-state index < -0.39 is 36.0 Å². The van der Waals surface area contributed by atoms with Gasteiger partial charge in [-0.3, -0.25) is 9.97 Å². The number of aromatic nitrogens is 2. The summed E-state index contributed by atoms with van der Waals surface area (Å²) in [5.74, 6) is 0. The number of amides is 2. The molecule has 9 nitrogen and oxygen atoms in total. The summed E-state index contributed by atoms with van der Waals surface area (Å²) in [5, 5.41) is 16.9. The average Bonchev–Trinajstić information content (AvgIpc) is 3.35. The van der Waals surface area contributed by atoms with Crippen molar-refractivity contribution in [3.8, 4) is 0 Å². The maximum absolute atomic E-state index is 12.6. The topological polar surface area (TPSA) is 123 Å². The molecule has 3 aromatic rings. The van der Waals surface area contributed by atoms with Gasteiger partial charge in [0.15, 0.2) is 0 Å². The monoisotopic (exact) mass is 526 g/mol. The Labute approximate surface area is 221 Å². The zero-order chi connectivity index (χ0) is 26.7. The highest BCUT2D eigenvalue weighted by Crippen LogP contribution is 2.17. The van der Waals surface area contributed by atoms with Crippen LogP contribution in [0.2, 0.25) is 0 Å². The number of nitrogens with zero attached hydrogens (tertiary/aromatic N) is 2. The fraction of sp³-hybridized carbons (Fsp3) is 0.407. The van der Waals surface area contributed by atoms with Crippen LogP contribution in [0.4, 0.5) is 9.59 Å². The molecule has 3 N–H and O–H groups in total. The van der Waals surface area contributed by atoms with Gasteiger partial charge in [0, 0.05) is 41.5 Å². The Morgan fingerprint density at radius 1 is 0.973 bits per heavy atom. The summed E-state index contributed by atoms with van der Waals surface area (Å²) in [4.78, 5) is 34.2. The van der Waals surface area contributed by atoms with Gasteiger partial charge in [0.1, 0.15) is 12.2 Å². The van der Waals surface area contributed by atoms with Crippen LogP contribution in [-0.2, 0) is 28.9 Å². The first-order chi connectivity index (χ1) is 17.7. The van der Waals surface area contributed by atoms with Crippen LogP contribution in [0.5, 0.6) is 0 Å². The summed E-state index contributed by atoms with van der Waals surface area (Å²) < 4.78 is 10.8. The Bertz CT molecular complexity index is 1090. The fourth-order valence-electron chi connectivity index (χ4n) is 3.69. The number of nitrogens with one attached hydrogen (secondary N) is 2. The molecule has 2 heterocycles. The number of benzene rings is 1. The summed E-state index contributed by atoms with van der Waals surface area (Å²) in [7, 11) is 0. The standard InChI is InChI=1S/C27H34N4O5S/c1-27(2,3)36-26(34)31-23(12-19-8-5-4-6-9-19)24(32)14-21(13-22-16-29-18-37-22)30-25(33)35-17-20-10-7-11-28-15-20/h4-11,15-16,18,21,23-24,32H,12-14,17H2,1-3H3,(H,30,33)(H,31,34)/t21-,23+,24+/m1/s1. The highest BCUT2D eigenvalue weighted by molar-refractivity contribution is 7.09. The molecule has 2 aromatic heterocycles. The number of carbonyl (C=O) groups excluding carboxylic acids is 2. The van der Waals surface area contributed by atoms with Crippen LogP contribution in [0, 0.1) is 0 Å². The van der Waals surface area contributed by atoms with Gasteiger partial charge < -0.3 is 25.2 Å². The number of ether oxygens (including phenoxy) is 2. The summed E-state index contributed by atoms with van der Waals surface area (Å²) in [6.07, 6.45) is 3.81. The number of aliphatic hydroxyl groups excluding tert-OH is 1. The molecule has 2 amide bonds. The molecule has 3 atom stereocenters. The lowest BCUT2D eigenvalue weighted by atomic mass is 9.95. The smallest absolute Gasteiger partial charge is 0.407 e. The molecule has 0 fully saturated rings. The predicted octanol–water partition coefficient (Wildman–Crippen LogP) is 4.26. The van der Waals surface area contributed by atoms with Gasteiger partial charge in [-0.05, 0) is 45.2 Å². The van der Waals surface area contributed by atoms with E-state index >= 15 is 0 Å². The summed E-state index contributed by atoms with van der Waals surface area (Å²) in [6, 6.07) is 12.0. The van der Waals surface area contributed by atoms with E-state index in [-0.39, 0.29) is 13.0 Å². The molecule has 0 saturated heterocycles. The highest BCUT2D eigenvalue weighted by Gasteiger charge is 2.28. The second kappa shape index (κ2) is 13.7. The first-order valence-electron chi connectivity index (χ1n) is 12.1. The maximum atomic E-state index is 12.6. The van der Waals surface area contributed by atoms with Crippen molar-refractivity contribution in [2.24, 2.45) is 0 Å². The molecule has 0 aliphatic heterocycles. The third kappa shape index (κ3) is 10.6. The molecule has 0 radical (unpaired) electrons. The fourth-order valence-corrected chi connectivity index (χ4v) is 4.36. The number of thiazole rings is 1. The second-order valence-electron chi connectivity index (χ2n) is 9.70. The van der Waals surface area contributed by atoms with E-state index in [1.165, 1.54) is 11.3 Å². The highest BCUT2D eigenvalue weighted by atomic mass is 32.1. The number of rotatable bonds is 11. The Morgan fingerprint density at radius 3 is 2.38 bits per heavy atom. The third-order valence-electron chi connectivity index (χ3n) is 5.34. The predicted molar refractivity (Wildman–Crippen MR) is 141 cm³/mol. The van der Waals surface area contributed by atoms with Crippen LogP contribution in [0.3, 0.4) is 0 Å². The van der Waals surface area contributed by atoms with E-state index in [0.29, 0.717) is 12.8 Å². The first-order valence-corrected chi connectivity index (χ1v) is 13.0. The molecule has 198 valence electrons. The third-order valence-corrected chi connectivity index (χ3v) is 6.14. The zero-order valence-corrected chi connectivity index (χ0v) is 22.1. The van der Waals surface area contributed by atoms with Crippen molar-refractivity contribution in [3.63, 3.8) is 0 Å². The van der Waals surface area contributed by atoms with Crippen molar-refractivity contribution in [2.75, 3.05) is 0 Å². The van der Waals surface area contributed by atoms with Crippen LogP contribution >= 0.6 is 11.3 Å². The quantitative estimate of drug-likeness (QED) is 0.341. The molecule has 0 bridgehead atoms. The SMILES string of the molecule is CC(C)(C)OC(=O)N[C@@H](Cc1ccccc1)[C@@H](O)C[C@@H](Cc1cncs1)NC(=O)OCc1cccnc1. The Morgan fingerprint density at radius 2 is 1.73 bits per heavy atom. The minimum Gasteiger partial charge on any atom is -0.445 e. The first kappa shape index (κ1) is 28.1. The van der Waals surface area contributed by atoms with E-state index in [9.17, 15) is 14.7 Å². The van der Waals surface area contributed by atoms with E-state index in [2.05, 4.69) is 20.6 Å². The molecular formula is C27H34N4O5S. The molecule has 0 aliphatic carbocycles. The molecule has 1 aromatic carbocycles. The minimum atomic E-state index is -0.982. The van der Waals surface area contributed by atoms with Gasteiger partial charge in [-0.1, -0.05) is 36.4 Å². The van der Waals surface area contributed by atoms with Crippen molar-refractivity contribution in [2.45, 2.75) is 70.4 Å². The molecular weight excluding hydrogens is 492 g/mol. The number of pyridine rings is 1. The van der Waals surface area contributed by atoms with Crippen LogP contribution in [-0.4, -0.2) is 51.0 Å². The van der Waals surface area contributed by atoms with E-state index in [1.54, 1.807) is 50.9 Å².